The maximum Gasteiger partial charge on any atom is 0.407 e. The van der Waals surface area contributed by atoms with Crippen molar-refractivity contribution < 1.29 is 37.3 Å². The van der Waals surface area contributed by atoms with E-state index >= 15 is 0 Å². The highest BCUT2D eigenvalue weighted by Gasteiger charge is 2.56. The Kier molecular flexibility index (Phi) is 9.22. The van der Waals surface area contributed by atoms with Crippen LogP contribution in [0.25, 0.3) is 0 Å². The minimum Gasteiger partial charge on any atom is -0.497 e. The van der Waals surface area contributed by atoms with Crippen LogP contribution >= 0.6 is 0 Å². The second kappa shape index (κ2) is 13.1. The number of hydrogen-bond donors (Lipinski definition) is 3. The van der Waals surface area contributed by atoms with Gasteiger partial charge in [-0.2, -0.15) is 4.31 Å². The Labute approximate surface area is 252 Å². The fourth-order valence-corrected chi connectivity index (χ4v) is 8.51. The van der Waals surface area contributed by atoms with Crippen molar-refractivity contribution in [3.05, 3.63) is 60.2 Å². The number of fused-ring (bicyclic) bond motifs is 1. The van der Waals surface area contributed by atoms with Gasteiger partial charge in [-0.3, -0.25) is 0 Å². The molecule has 8 atom stereocenters. The molecule has 43 heavy (non-hydrogen) atoms. The molecule has 3 heterocycles. The highest BCUT2D eigenvalue weighted by atomic mass is 32.2. The first-order chi connectivity index (χ1) is 20.8. The summed E-state index contributed by atoms with van der Waals surface area (Å²) in [5.41, 5.74) is 0.897. The molecule has 6 rings (SSSR count). The van der Waals surface area contributed by atoms with Crippen molar-refractivity contribution in [1.29, 1.82) is 0 Å². The Hall–Kier alpha value is -2.74. The number of carbonyl (C=O) groups is 1. The molecule has 4 fully saturated rings. The monoisotopic (exact) mass is 615 g/mol. The van der Waals surface area contributed by atoms with Crippen molar-refractivity contribution in [2.45, 2.75) is 48.7 Å². The van der Waals surface area contributed by atoms with Crippen molar-refractivity contribution >= 4 is 16.1 Å². The predicted molar refractivity (Wildman–Crippen MR) is 157 cm³/mol. The zero-order valence-electron chi connectivity index (χ0n) is 24.3. The van der Waals surface area contributed by atoms with Crippen LogP contribution in [0.15, 0.2) is 59.5 Å². The standard InChI is InChI=1S/C31H41N3O8S/c1-39-23-7-9-24(10-8-23)43(37,38)34(16-21-11-12-32-15-21)17-28(35)27(13-20-5-3-2-4-6-20)33-31(36)42-29-22-14-25-26(29)19-41-30(25)40-18-22/h2-10,21-22,25-30,32,35H,11-19H2,1H3,(H,33,36)/t21?,22?,25?,26?,27-,28+,29?,30?/m0/s1. The number of ether oxygens (including phenoxy) is 4. The minimum absolute atomic E-state index is 0.0888. The molecule has 1 aliphatic carbocycles. The number of carbonyl (C=O) groups excluding carboxylic acids is 1. The summed E-state index contributed by atoms with van der Waals surface area (Å²) in [5, 5.41) is 17.8. The molecule has 2 aromatic carbocycles. The van der Waals surface area contributed by atoms with E-state index in [1.165, 1.54) is 23.5 Å². The number of aliphatic hydroxyl groups is 1. The smallest absolute Gasteiger partial charge is 0.407 e. The second-order valence-electron chi connectivity index (χ2n) is 12.1. The fourth-order valence-electron chi connectivity index (χ4n) is 6.97. The molecule has 3 saturated heterocycles. The van der Waals surface area contributed by atoms with Gasteiger partial charge in [0.05, 0.1) is 37.4 Å². The summed E-state index contributed by atoms with van der Waals surface area (Å²) in [7, 11) is -2.44. The van der Waals surface area contributed by atoms with Crippen LogP contribution in [0.3, 0.4) is 0 Å². The number of nitrogens with zero attached hydrogens (tertiary/aromatic N) is 1. The van der Waals surface area contributed by atoms with Crippen molar-refractivity contribution in [2.75, 3.05) is 46.5 Å². The quantitative estimate of drug-likeness (QED) is 0.328. The molecule has 0 radical (unpaired) electrons. The van der Waals surface area contributed by atoms with E-state index in [2.05, 4.69) is 10.6 Å². The summed E-state index contributed by atoms with van der Waals surface area (Å²) in [6.07, 6.45) is -0.356. The van der Waals surface area contributed by atoms with E-state index in [4.69, 9.17) is 18.9 Å². The first-order valence-corrected chi connectivity index (χ1v) is 16.5. The lowest BCUT2D eigenvalue weighted by molar-refractivity contribution is -0.169. The zero-order valence-corrected chi connectivity index (χ0v) is 25.2. The lowest BCUT2D eigenvalue weighted by atomic mass is 9.98. The van der Waals surface area contributed by atoms with Crippen LogP contribution in [0, 0.1) is 23.7 Å². The van der Waals surface area contributed by atoms with Crippen molar-refractivity contribution in [3.63, 3.8) is 0 Å². The third kappa shape index (κ3) is 6.69. The molecule has 6 unspecified atom stereocenters. The molecule has 2 aromatic rings. The normalized spacial score (nSPS) is 29.4. The third-order valence-corrected chi connectivity index (χ3v) is 11.2. The third-order valence-electron chi connectivity index (χ3n) is 9.31. The van der Waals surface area contributed by atoms with Gasteiger partial charge in [-0.1, -0.05) is 30.3 Å². The van der Waals surface area contributed by atoms with Gasteiger partial charge in [0.2, 0.25) is 10.0 Å². The van der Waals surface area contributed by atoms with Gasteiger partial charge in [0, 0.05) is 30.8 Å². The van der Waals surface area contributed by atoms with Crippen LogP contribution in [0.5, 0.6) is 5.75 Å². The number of aliphatic hydroxyl groups excluding tert-OH is 1. The zero-order chi connectivity index (χ0) is 30.0. The number of nitrogens with one attached hydrogen (secondary N) is 2. The van der Waals surface area contributed by atoms with Gasteiger partial charge in [0.15, 0.2) is 6.29 Å². The molecule has 0 spiro atoms. The molecular weight excluding hydrogens is 574 g/mol. The Balaban J connectivity index is 1.20. The van der Waals surface area contributed by atoms with Gasteiger partial charge in [-0.15, -0.1) is 0 Å². The van der Waals surface area contributed by atoms with E-state index in [1.54, 1.807) is 12.1 Å². The average Bonchev–Trinajstić information content (AvgIpc) is 3.74. The molecule has 3 N–H and O–H groups in total. The molecule has 0 aromatic heterocycles. The van der Waals surface area contributed by atoms with E-state index in [0.717, 1.165) is 24.9 Å². The molecule has 1 amide bonds. The number of amides is 1. The number of rotatable bonds is 12. The first kappa shape index (κ1) is 30.3. The van der Waals surface area contributed by atoms with Gasteiger partial charge in [0.1, 0.15) is 11.9 Å². The molecule has 1 saturated carbocycles. The lowest BCUT2D eigenvalue weighted by Crippen LogP contribution is -2.52. The second-order valence-corrected chi connectivity index (χ2v) is 14.0. The summed E-state index contributed by atoms with van der Waals surface area (Å²) >= 11 is 0. The van der Waals surface area contributed by atoms with E-state index < -0.39 is 28.3 Å². The minimum atomic E-state index is -3.96. The first-order valence-electron chi connectivity index (χ1n) is 15.1. The number of sulfonamides is 1. The van der Waals surface area contributed by atoms with Crippen LogP contribution in [0.4, 0.5) is 4.79 Å². The van der Waals surface area contributed by atoms with Gasteiger partial charge in [0.25, 0.3) is 0 Å². The fraction of sp³-hybridized carbons (Fsp3) is 0.581. The maximum atomic E-state index is 13.9. The maximum absolute atomic E-state index is 13.9. The largest absolute Gasteiger partial charge is 0.497 e. The van der Waals surface area contributed by atoms with Crippen LogP contribution in [-0.2, 0) is 30.7 Å². The summed E-state index contributed by atoms with van der Waals surface area (Å²) in [6, 6.07) is 14.9. The van der Waals surface area contributed by atoms with Gasteiger partial charge in [-0.25, -0.2) is 13.2 Å². The Morgan fingerprint density at radius 3 is 2.60 bits per heavy atom. The SMILES string of the molecule is COc1ccc(S(=O)(=O)N(CC2CCNC2)C[C@@H](O)[C@H](Cc2ccccc2)NC(=O)OC2C3COC4OCC2C4C3)cc1. The lowest BCUT2D eigenvalue weighted by Gasteiger charge is -2.32. The number of benzene rings is 2. The summed E-state index contributed by atoms with van der Waals surface area (Å²) in [4.78, 5) is 13.4. The van der Waals surface area contributed by atoms with Crippen molar-refractivity contribution in [3.8, 4) is 5.75 Å². The van der Waals surface area contributed by atoms with Crippen LogP contribution in [-0.4, -0.2) is 95.0 Å². The predicted octanol–water partition coefficient (Wildman–Crippen LogP) is 2.00. The van der Waals surface area contributed by atoms with E-state index in [-0.39, 0.29) is 54.1 Å². The van der Waals surface area contributed by atoms with Crippen molar-refractivity contribution in [2.24, 2.45) is 23.7 Å². The molecule has 4 aliphatic rings. The summed E-state index contributed by atoms with van der Waals surface area (Å²) < 4.78 is 51.8. The molecule has 234 valence electrons. The van der Waals surface area contributed by atoms with Gasteiger partial charge < -0.3 is 34.7 Å². The molecule has 11 nitrogen and oxygen atoms in total. The molecule has 2 bridgehead atoms. The molecule has 12 heteroatoms. The average molecular weight is 616 g/mol. The highest BCUT2D eigenvalue weighted by molar-refractivity contribution is 7.89. The molecule has 3 aliphatic heterocycles. The van der Waals surface area contributed by atoms with Gasteiger partial charge in [-0.05, 0) is 68.1 Å². The van der Waals surface area contributed by atoms with Gasteiger partial charge >= 0.3 is 6.09 Å². The number of methoxy groups -OCH3 is 1. The number of hydrogen-bond acceptors (Lipinski definition) is 9. The number of alkyl carbamates (subject to hydrolysis) is 1. The van der Waals surface area contributed by atoms with Crippen LogP contribution < -0.4 is 15.4 Å². The summed E-state index contributed by atoms with van der Waals surface area (Å²) in [6.45, 7) is 2.54. The van der Waals surface area contributed by atoms with E-state index in [1.807, 2.05) is 30.3 Å². The molecular formula is C31H41N3O8S. The summed E-state index contributed by atoms with van der Waals surface area (Å²) in [5.74, 6) is 1.08. The Bertz CT molecular complexity index is 1340. The van der Waals surface area contributed by atoms with Crippen LogP contribution in [0.2, 0.25) is 0 Å². The Morgan fingerprint density at radius 2 is 1.88 bits per heavy atom. The topological polar surface area (TPSA) is 136 Å². The van der Waals surface area contributed by atoms with E-state index in [0.29, 0.717) is 31.9 Å². The van der Waals surface area contributed by atoms with Crippen LogP contribution in [0.1, 0.15) is 18.4 Å². The highest BCUT2D eigenvalue weighted by Crippen LogP contribution is 2.49. The Morgan fingerprint density at radius 1 is 1.12 bits per heavy atom. The van der Waals surface area contributed by atoms with Crippen molar-refractivity contribution in [1.82, 2.24) is 14.9 Å². The van der Waals surface area contributed by atoms with E-state index in [9.17, 15) is 18.3 Å².